The SMILES string of the molecule is Cc1ccc(C2C(=C([O-])c3cnn(-c4ccccc4)c3C)C(=O)C(=O)N2CCC[NH+]2CCOCC2)cc1. The molecule has 1 unspecified atom stereocenters. The van der Waals surface area contributed by atoms with Crippen LogP contribution in [0.3, 0.4) is 0 Å². The maximum atomic E-state index is 13.9. The van der Waals surface area contributed by atoms with Crippen LogP contribution in [0, 0.1) is 13.8 Å². The largest absolute Gasteiger partial charge is 0.872 e. The Hall–Kier alpha value is -3.75. The number of Topliss-reactive ketones (excluding diaryl/α,β-unsaturated/α-hetero) is 1. The van der Waals surface area contributed by atoms with Gasteiger partial charge in [-0.1, -0.05) is 53.8 Å². The average molecular weight is 501 g/mol. The third-order valence-electron chi connectivity index (χ3n) is 7.31. The van der Waals surface area contributed by atoms with E-state index in [0.717, 1.165) is 56.1 Å². The molecule has 1 N–H and O–H groups in total. The number of hydrogen-bond donors (Lipinski definition) is 1. The number of aromatic nitrogens is 2. The molecule has 2 fully saturated rings. The number of ketones is 1. The van der Waals surface area contributed by atoms with Crippen LogP contribution in [0.5, 0.6) is 0 Å². The van der Waals surface area contributed by atoms with Gasteiger partial charge in [0.05, 0.1) is 37.7 Å². The maximum Gasteiger partial charge on any atom is 0.295 e. The molecule has 192 valence electrons. The second kappa shape index (κ2) is 10.7. The van der Waals surface area contributed by atoms with E-state index in [2.05, 4.69) is 5.10 Å². The standard InChI is InChI=1S/C29H32N4O4/c1-20-9-11-22(12-10-20)26-25(27(34)24-19-30-33(21(24)2)23-7-4-3-5-8-23)28(35)29(36)32(26)14-6-13-31-15-17-37-18-16-31/h3-5,7-12,19,26,34H,6,13-18H2,1-2H3. The van der Waals surface area contributed by atoms with E-state index in [1.807, 2.05) is 61.5 Å². The van der Waals surface area contributed by atoms with E-state index in [1.54, 1.807) is 16.5 Å². The minimum Gasteiger partial charge on any atom is -0.872 e. The van der Waals surface area contributed by atoms with Gasteiger partial charge in [0.2, 0.25) is 5.78 Å². The van der Waals surface area contributed by atoms with Crippen molar-refractivity contribution in [2.75, 3.05) is 39.4 Å². The Kier molecular flexibility index (Phi) is 7.21. The van der Waals surface area contributed by atoms with E-state index in [1.165, 1.54) is 11.1 Å². The summed E-state index contributed by atoms with van der Waals surface area (Å²) in [5.41, 5.74) is 3.61. The number of para-hydroxylation sites is 1. The van der Waals surface area contributed by atoms with E-state index in [9.17, 15) is 14.7 Å². The quantitative estimate of drug-likeness (QED) is 0.297. The number of hydrogen-bond acceptors (Lipinski definition) is 5. The molecule has 8 heteroatoms. The van der Waals surface area contributed by atoms with Crippen LogP contribution >= 0.6 is 0 Å². The first-order chi connectivity index (χ1) is 18.0. The predicted octanol–water partition coefficient (Wildman–Crippen LogP) is 1.02. The summed E-state index contributed by atoms with van der Waals surface area (Å²) in [6, 6.07) is 16.5. The predicted molar refractivity (Wildman–Crippen MR) is 137 cm³/mol. The number of carbonyl (C=O) groups excluding carboxylic acids is 2. The van der Waals surface area contributed by atoms with Crippen molar-refractivity contribution in [3.05, 3.63) is 88.8 Å². The van der Waals surface area contributed by atoms with Crippen LogP contribution in [-0.4, -0.2) is 65.8 Å². The summed E-state index contributed by atoms with van der Waals surface area (Å²) < 4.78 is 7.12. The molecule has 8 nitrogen and oxygen atoms in total. The van der Waals surface area contributed by atoms with Gasteiger partial charge in [0.1, 0.15) is 13.1 Å². The van der Waals surface area contributed by atoms with Crippen molar-refractivity contribution in [2.24, 2.45) is 0 Å². The number of quaternary nitrogens is 1. The third kappa shape index (κ3) is 4.95. The van der Waals surface area contributed by atoms with Crippen LogP contribution in [0.15, 0.2) is 66.4 Å². The molecule has 37 heavy (non-hydrogen) atoms. The van der Waals surface area contributed by atoms with E-state index in [-0.39, 0.29) is 5.57 Å². The summed E-state index contributed by atoms with van der Waals surface area (Å²) in [5.74, 6) is -1.77. The highest BCUT2D eigenvalue weighted by Crippen LogP contribution is 2.39. The Morgan fingerprint density at radius 2 is 1.76 bits per heavy atom. The van der Waals surface area contributed by atoms with Crippen LogP contribution in [0.2, 0.25) is 0 Å². The molecular weight excluding hydrogens is 468 g/mol. The Balaban J connectivity index is 1.50. The summed E-state index contributed by atoms with van der Waals surface area (Å²) in [6.45, 7) is 8.44. The van der Waals surface area contributed by atoms with Gasteiger partial charge in [-0.2, -0.15) is 5.10 Å². The fraction of sp³-hybridized carbons (Fsp3) is 0.345. The first-order valence-corrected chi connectivity index (χ1v) is 12.8. The molecule has 2 saturated heterocycles. The zero-order chi connectivity index (χ0) is 25.9. The minimum absolute atomic E-state index is 0.00304. The number of rotatable bonds is 7. The van der Waals surface area contributed by atoms with Crippen LogP contribution in [0.4, 0.5) is 0 Å². The number of aryl methyl sites for hydroxylation is 1. The summed E-state index contributed by atoms with van der Waals surface area (Å²) >= 11 is 0. The monoisotopic (exact) mass is 500 g/mol. The molecule has 3 heterocycles. The topological polar surface area (TPSA) is 91.9 Å². The number of benzene rings is 2. The van der Waals surface area contributed by atoms with Crippen LogP contribution in [-0.2, 0) is 14.3 Å². The van der Waals surface area contributed by atoms with Crippen LogP contribution in [0.25, 0.3) is 11.4 Å². The van der Waals surface area contributed by atoms with Gasteiger partial charge >= 0.3 is 0 Å². The molecule has 0 spiro atoms. The Labute approximate surface area is 216 Å². The first-order valence-electron chi connectivity index (χ1n) is 12.8. The van der Waals surface area contributed by atoms with Gasteiger partial charge in [0, 0.05) is 29.8 Å². The van der Waals surface area contributed by atoms with Crippen molar-refractivity contribution in [1.82, 2.24) is 14.7 Å². The van der Waals surface area contributed by atoms with Crippen molar-refractivity contribution in [2.45, 2.75) is 26.3 Å². The lowest BCUT2D eigenvalue weighted by Crippen LogP contribution is -3.14. The Morgan fingerprint density at radius 1 is 1.05 bits per heavy atom. The molecule has 0 radical (unpaired) electrons. The molecule has 0 saturated carbocycles. The summed E-state index contributed by atoms with van der Waals surface area (Å²) in [5, 5.41) is 18.3. The second-order valence-corrected chi connectivity index (χ2v) is 9.74. The fourth-order valence-corrected chi connectivity index (χ4v) is 5.21. The average Bonchev–Trinajstić information content (AvgIpc) is 3.42. The van der Waals surface area contributed by atoms with E-state index >= 15 is 0 Å². The van der Waals surface area contributed by atoms with Gasteiger partial charge < -0.3 is 19.6 Å². The molecule has 1 aromatic heterocycles. The molecule has 2 aromatic carbocycles. The molecule has 0 aliphatic carbocycles. The smallest absolute Gasteiger partial charge is 0.295 e. The van der Waals surface area contributed by atoms with Gasteiger partial charge in [-0.3, -0.25) is 9.59 Å². The highest BCUT2D eigenvalue weighted by Gasteiger charge is 2.44. The Bertz CT molecular complexity index is 1310. The molecule has 3 aromatic rings. The lowest BCUT2D eigenvalue weighted by Gasteiger charge is -2.29. The third-order valence-corrected chi connectivity index (χ3v) is 7.31. The highest BCUT2D eigenvalue weighted by molar-refractivity contribution is 6.46. The van der Waals surface area contributed by atoms with Gasteiger partial charge in [-0.15, -0.1) is 0 Å². The molecule has 1 atom stereocenters. The van der Waals surface area contributed by atoms with Crippen LogP contribution in [0.1, 0.15) is 34.8 Å². The molecule has 1 amide bonds. The zero-order valence-electron chi connectivity index (χ0n) is 21.3. The minimum atomic E-state index is -0.721. The van der Waals surface area contributed by atoms with Gasteiger partial charge in [-0.05, 0) is 31.5 Å². The molecule has 2 aliphatic rings. The van der Waals surface area contributed by atoms with Crippen molar-refractivity contribution in [1.29, 1.82) is 0 Å². The fourth-order valence-electron chi connectivity index (χ4n) is 5.21. The van der Waals surface area contributed by atoms with Gasteiger partial charge in [0.15, 0.2) is 0 Å². The van der Waals surface area contributed by atoms with Crippen molar-refractivity contribution in [3.63, 3.8) is 0 Å². The van der Waals surface area contributed by atoms with Crippen molar-refractivity contribution in [3.8, 4) is 5.69 Å². The second-order valence-electron chi connectivity index (χ2n) is 9.74. The maximum absolute atomic E-state index is 13.9. The summed E-state index contributed by atoms with van der Waals surface area (Å²) in [7, 11) is 0. The van der Waals surface area contributed by atoms with E-state index in [0.29, 0.717) is 17.8 Å². The Morgan fingerprint density at radius 3 is 2.46 bits per heavy atom. The molecular formula is C29H32N4O4. The number of likely N-dealkylation sites (tertiary alicyclic amines) is 1. The molecule has 5 rings (SSSR count). The molecule has 0 bridgehead atoms. The highest BCUT2D eigenvalue weighted by atomic mass is 16.5. The first kappa shape index (κ1) is 24.9. The van der Waals surface area contributed by atoms with E-state index in [4.69, 9.17) is 4.74 Å². The van der Waals surface area contributed by atoms with Crippen molar-refractivity contribution >= 4 is 17.4 Å². The molecule has 2 aliphatic heterocycles. The number of ether oxygens (including phenoxy) is 1. The van der Waals surface area contributed by atoms with Gasteiger partial charge in [0.25, 0.3) is 5.91 Å². The summed E-state index contributed by atoms with van der Waals surface area (Å²) in [6.07, 6.45) is 2.23. The number of morpholine rings is 1. The number of carbonyl (C=O) groups is 2. The van der Waals surface area contributed by atoms with E-state index < -0.39 is 23.5 Å². The normalized spacial score (nSPS) is 20.1. The summed E-state index contributed by atoms with van der Waals surface area (Å²) in [4.78, 5) is 29.6. The van der Waals surface area contributed by atoms with Crippen LogP contribution < -0.4 is 10.0 Å². The van der Waals surface area contributed by atoms with Crippen molar-refractivity contribution < 1.29 is 24.3 Å². The zero-order valence-corrected chi connectivity index (χ0v) is 21.3. The number of nitrogens with zero attached hydrogens (tertiary/aromatic N) is 3. The number of amides is 1. The van der Waals surface area contributed by atoms with Gasteiger partial charge in [-0.25, -0.2) is 4.68 Å². The lowest BCUT2D eigenvalue weighted by atomic mass is 9.95. The number of nitrogens with one attached hydrogen (secondary N) is 1. The lowest BCUT2D eigenvalue weighted by molar-refractivity contribution is -0.908.